The molecule has 0 aromatic carbocycles. The molecule has 2 N–H and O–H groups in total. The van der Waals surface area contributed by atoms with E-state index in [9.17, 15) is 9.59 Å². The fourth-order valence-electron chi connectivity index (χ4n) is 1.22. The summed E-state index contributed by atoms with van der Waals surface area (Å²) >= 11 is 0. The first-order valence-electron chi connectivity index (χ1n) is 4.42. The number of carbonyl (C=O) groups is 2. The first-order valence-corrected chi connectivity index (χ1v) is 4.42. The van der Waals surface area contributed by atoms with Crippen LogP contribution in [0, 0.1) is 0 Å². The van der Waals surface area contributed by atoms with Crippen LogP contribution in [0.25, 0.3) is 0 Å². The molecule has 1 unspecified atom stereocenters. The number of ether oxygens (including phenoxy) is 1. The number of nitrogens with one attached hydrogen (secondary N) is 2. The van der Waals surface area contributed by atoms with Gasteiger partial charge in [0.1, 0.15) is 0 Å². The van der Waals surface area contributed by atoms with Gasteiger partial charge in [-0.2, -0.15) is 0 Å². The molecular formula is C8H14N2O3. The lowest BCUT2D eigenvalue weighted by molar-refractivity contribution is -0.154. The monoisotopic (exact) mass is 186 g/mol. The SMILES string of the molecule is CCOC(=O)C(=O)NC1CCNC1. The van der Waals surface area contributed by atoms with Gasteiger partial charge >= 0.3 is 11.9 Å². The van der Waals surface area contributed by atoms with E-state index in [-0.39, 0.29) is 12.6 Å². The number of hydrogen-bond acceptors (Lipinski definition) is 4. The lowest BCUT2D eigenvalue weighted by Crippen LogP contribution is -2.41. The minimum Gasteiger partial charge on any atom is -0.459 e. The maximum Gasteiger partial charge on any atom is 0.396 e. The van der Waals surface area contributed by atoms with Crippen molar-refractivity contribution < 1.29 is 14.3 Å². The highest BCUT2D eigenvalue weighted by Crippen LogP contribution is 1.96. The fourth-order valence-corrected chi connectivity index (χ4v) is 1.22. The molecule has 74 valence electrons. The van der Waals surface area contributed by atoms with Gasteiger partial charge in [-0.25, -0.2) is 4.79 Å². The van der Waals surface area contributed by atoms with Crippen LogP contribution in [-0.4, -0.2) is 37.6 Å². The first kappa shape index (κ1) is 9.98. The predicted molar refractivity (Wildman–Crippen MR) is 46.1 cm³/mol. The Balaban J connectivity index is 2.27. The van der Waals surface area contributed by atoms with Crippen molar-refractivity contribution in [3.63, 3.8) is 0 Å². The van der Waals surface area contributed by atoms with Gasteiger partial charge in [-0.3, -0.25) is 4.79 Å². The molecule has 0 aliphatic carbocycles. The third kappa shape index (κ3) is 3.02. The van der Waals surface area contributed by atoms with E-state index in [0.29, 0.717) is 0 Å². The van der Waals surface area contributed by atoms with E-state index >= 15 is 0 Å². The molecule has 5 nitrogen and oxygen atoms in total. The summed E-state index contributed by atoms with van der Waals surface area (Å²) in [5, 5.41) is 5.67. The highest BCUT2D eigenvalue weighted by molar-refractivity contribution is 6.32. The molecule has 1 fully saturated rings. The molecule has 0 aromatic heterocycles. The molecule has 0 aromatic rings. The van der Waals surface area contributed by atoms with Gasteiger partial charge in [0.25, 0.3) is 0 Å². The molecule has 1 aliphatic rings. The lowest BCUT2D eigenvalue weighted by atomic mass is 10.2. The summed E-state index contributed by atoms with van der Waals surface area (Å²) in [6.45, 7) is 3.51. The van der Waals surface area contributed by atoms with Crippen LogP contribution in [-0.2, 0) is 14.3 Å². The summed E-state index contributed by atoms with van der Waals surface area (Å²) in [5.74, 6) is -1.44. The lowest BCUT2D eigenvalue weighted by Gasteiger charge is -2.09. The standard InChI is InChI=1S/C8H14N2O3/c1-2-13-8(12)7(11)10-6-3-4-9-5-6/h6,9H,2-5H2,1H3,(H,10,11). The molecule has 0 radical (unpaired) electrons. The van der Waals surface area contributed by atoms with Crippen molar-refractivity contribution in [3.8, 4) is 0 Å². The van der Waals surface area contributed by atoms with Gasteiger partial charge in [0.15, 0.2) is 0 Å². The van der Waals surface area contributed by atoms with E-state index in [2.05, 4.69) is 15.4 Å². The van der Waals surface area contributed by atoms with Crippen molar-refractivity contribution in [3.05, 3.63) is 0 Å². The number of carbonyl (C=O) groups excluding carboxylic acids is 2. The number of amides is 1. The van der Waals surface area contributed by atoms with Crippen molar-refractivity contribution >= 4 is 11.9 Å². The van der Waals surface area contributed by atoms with Crippen LogP contribution in [0.4, 0.5) is 0 Å². The summed E-state index contributed by atoms with van der Waals surface area (Å²) in [4.78, 5) is 22.0. The molecule has 0 bridgehead atoms. The first-order chi connectivity index (χ1) is 6.24. The molecule has 1 amide bonds. The van der Waals surface area contributed by atoms with Crippen molar-refractivity contribution in [2.75, 3.05) is 19.7 Å². The highest BCUT2D eigenvalue weighted by Gasteiger charge is 2.21. The average Bonchev–Trinajstić information content (AvgIpc) is 2.57. The predicted octanol–water partition coefficient (Wildman–Crippen LogP) is -0.972. The second kappa shape index (κ2) is 4.81. The maximum atomic E-state index is 11.1. The highest BCUT2D eigenvalue weighted by atomic mass is 16.5. The normalized spacial score (nSPS) is 21.2. The maximum absolute atomic E-state index is 11.1. The Morgan fingerprint density at radius 1 is 1.62 bits per heavy atom. The third-order valence-electron chi connectivity index (χ3n) is 1.86. The topological polar surface area (TPSA) is 67.4 Å². The van der Waals surface area contributed by atoms with Gasteiger partial charge in [0, 0.05) is 12.6 Å². The zero-order valence-electron chi connectivity index (χ0n) is 7.63. The van der Waals surface area contributed by atoms with Crippen molar-refractivity contribution in [2.24, 2.45) is 0 Å². The van der Waals surface area contributed by atoms with Crippen molar-refractivity contribution in [1.29, 1.82) is 0 Å². The Morgan fingerprint density at radius 3 is 2.92 bits per heavy atom. The van der Waals surface area contributed by atoms with E-state index in [0.717, 1.165) is 19.5 Å². The average molecular weight is 186 g/mol. The van der Waals surface area contributed by atoms with Crippen LogP contribution in [0.5, 0.6) is 0 Å². The molecule has 13 heavy (non-hydrogen) atoms. The Hall–Kier alpha value is -1.10. The minimum atomic E-state index is -0.797. The smallest absolute Gasteiger partial charge is 0.396 e. The van der Waals surface area contributed by atoms with Crippen LogP contribution in [0.1, 0.15) is 13.3 Å². The van der Waals surface area contributed by atoms with Crippen LogP contribution in [0.2, 0.25) is 0 Å². The zero-order chi connectivity index (χ0) is 9.68. The van der Waals surface area contributed by atoms with Crippen LogP contribution >= 0.6 is 0 Å². The molecule has 0 saturated carbocycles. The molecule has 0 spiro atoms. The van der Waals surface area contributed by atoms with Crippen molar-refractivity contribution in [2.45, 2.75) is 19.4 Å². The van der Waals surface area contributed by atoms with Crippen LogP contribution in [0.15, 0.2) is 0 Å². The summed E-state index contributed by atoms with van der Waals surface area (Å²) in [7, 11) is 0. The summed E-state index contributed by atoms with van der Waals surface area (Å²) in [6, 6.07) is 0.0666. The molecular weight excluding hydrogens is 172 g/mol. The molecule has 1 atom stereocenters. The molecule has 1 rings (SSSR count). The zero-order valence-corrected chi connectivity index (χ0v) is 7.63. The Morgan fingerprint density at radius 2 is 2.38 bits per heavy atom. The van der Waals surface area contributed by atoms with Gasteiger partial charge in [0.2, 0.25) is 0 Å². The molecule has 1 saturated heterocycles. The second-order valence-electron chi connectivity index (χ2n) is 2.88. The van der Waals surface area contributed by atoms with Crippen molar-refractivity contribution in [1.82, 2.24) is 10.6 Å². The van der Waals surface area contributed by atoms with Crippen LogP contribution < -0.4 is 10.6 Å². The summed E-state index contributed by atoms with van der Waals surface area (Å²) in [5.41, 5.74) is 0. The van der Waals surface area contributed by atoms with Gasteiger partial charge in [-0.15, -0.1) is 0 Å². The third-order valence-corrected chi connectivity index (χ3v) is 1.86. The fraction of sp³-hybridized carbons (Fsp3) is 0.750. The van der Waals surface area contributed by atoms with Gasteiger partial charge in [-0.1, -0.05) is 0 Å². The molecule has 1 aliphatic heterocycles. The number of esters is 1. The molecule has 5 heteroatoms. The second-order valence-corrected chi connectivity index (χ2v) is 2.88. The van der Waals surface area contributed by atoms with Crippen LogP contribution in [0.3, 0.4) is 0 Å². The van der Waals surface area contributed by atoms with E-state index in [1.165, 1.54) is 0 Å². The number of hydrogen-bond donors (Lipinski definition) is 2. The Labute approximate surface area is 76.8 Å². The summed E-state index contributed by atoms with van der Waals surface area (Å²) < 4.78 is 4.54. The van der Waals surface area contributed by atoms with Gasteiger partial charge < -0.3 is 15.4 Å². The van der Waals surface area contributed by atoms with Gasteiger partial charge in [0.05, 0.1) is 6.61 Å². The largest absolute Gasteiger partial charge is 0.459 e. The van der Waals surface area contributed by atoms with E-state index in [4.69, 9.17) is 0 Å². The van der Waals surface area contributed by atoms with Gasteiger partial charge in [-0.05, 0) is 19.9 Å². The van der Waals surface area contributed by atoms with E-state index < -0.39 is 11.9 Å². The quantitative estimate of drug-likeness (QED) is 0.430. The Bertz CT molecular complexity index is 200. The number of rotatable bonds is 2. The molecule has 1 heterocycles. The van der Waals surface area contributed by atoms with E-state index in [1.807, 2.05) is 0 Å². The van der Waals surface area contributed by atoms with E-state index in [1.54, 1.807) is 6.92 Å². The minimum absolute atomic E-state index is 0.0666. The summed E-state index contributed by atoms with van der Waals surface area (Å²) in [6.07, 6.45) is 0.866. The Kier molecular flexibility index (Phi) is 3.70.